The summed E-state index contributed by atoms with van der Waals surface area (Å²) in [6.45, 7) is 7.50. The first-order chi connectivity index (χ1) is 13.3. The molecule has 1 fully saturated rings. The third-order valence-electron chi connectivity index (χ3n) is 4.42. The number of nitrogens with zero attached hydrogens (tertiary/aromatic N) is 2. The molecule has 0 saturated carbocycles. The Morgan fingerprint density at radius 3 is 2.71 bits per heavy atom. The lowest BCUT2D eigenvalue weighted by Gasteiger charge is -2.34. The van der Waals surface area contributed by atoms with Gasteiger partial charge in [-0.15, -0.1) is 0 Å². The van der Waals surface area contributed by atoms with Crippen molar-refractivity contribution < 1.29 is 14.3 Å². The molecule has 3 amide bonds. The van der Waals surface area contributed by atoms with Crippen molar-refractivity contribution in [3.05, 3.63) is 30.3 Å². The van der Waals surface area contributed by atoms with Gasteiger partial charge in [-0.2, -0.15) is 0 Å². The number of hydrogen-bond donors (Lipinski definition) is 2. The predicted molar refractivity (Wildman–Crippen MR) is 113 cm³/mol. The van der Waals surface area contributed by atoms with Gasteiger partial charge in [0.2, 0.25) is 0 Å². The summed E-state index contributed by atoms with van der Waals surface area (Å²) in [5.74, 6) is 0.204. The number of likely N-dealkylation sites (tertiary alicyclic amines) is 1. The molecule has 8 heteroatoms. The fraction of sp³-hybridized carbons (Fsp3) is 0.550. The Labute approximate surface area is 170 Å². The monoisotopic (exact) mass is 404 g/mol. The van der Waals surface area contributed by atoms with Gasteiger partial charge in [-0.3, -0.25) is 4.99 Å². The van der Waals surface area contributed by atoms with Crippen molar-refractivity contribution in [2.45, 2.75) is 44.6 Å². The zero-order valence-electron chi connectivity index (χ0n) is 16.6. The van der Waals surface area contributed by atoms with E-state index in [1.807, 2.05) is 51.1 Å². The minimum absolute atomic E-state index is 0.0874. The summed E-state index contributed by atoms with van der Waals surface area (Å²) in [5.41, 5.74) is 0.259. The second-order valence-electron chi connectivity index (χ2n) is 8.02. The van der Waals surface area contributed by atoms with E-state index in [2.05, 4.69) is 15.6 Å². The number of anilines is 1. The molecule has 2 atom stereocenters. The summed E-state index contributed by atoms with van der Waals surface area (Å²) in [4.78, 5) is 30.9. The number of thioether (sulfide) groups is 1. The molecule has 0 radical (unpaired) electrons. The molecule has 1 saturated heterocycles. The average molecular weight is 405 g/mol. The number of benzene rings is 1. The highest BCUT2D eigenvalue weighted by molar-refractivity contribution is 8.14. The van der Waals surface area contributed by atoms with Crippen LogP contribution >= 0.6 is 11.8 Å². The molecule has 2 aliphatic heterocycles. The number of rotatable bonds is 3. The molecule has 0 aliphatic carbocycles. The molecule has 0 aromatic heterocycles. The van der Waals surface area contributed by atoms with Gasteiger partial charge in [0.15, 0.2) is 0 Å². The number of ether oxygens (including phenoxy) is 1. The average Bonchev–Trinajstić information content (AvgIpc) is 3.09. The van der Waals surface area contributed by atoms with E-state index in [1.165, 1.54) is 0 Å². The first kappa shape index (κ1) is 20.5. The number of para-hydroxylation sites is 1. The normalized spacial score (nSPS) is 22.4. The van der Waals surface area contributed by atoms with Crippen LogP contribution in [0.1, 0.15) is 33.6 Å². The van der Waals surface area contributed by atoms with E-state index < -0.39 is 5.60 Å². The summed E-state index contributed by atoms with van der Waals surface area (Å²) in [7, 11) is 0. The number of aliphatic imine (C=N–C) groups is 1. The molecule has 1 aromatic rings. The van der Waals surface area contributed by atoms with Crippen LogP contribution in [0.4, 0.5) is 15.3 Å². The summed E-state index contributed by atoms with van der Waals surface area (Å²) < 4.78 is 5.49. The summed E-state index contributed by atoms with van der Waals surface area (Å²) >= 11 is 1.58. The van der Waals surface area contributed by atoms with E-state index in [4.69, 9.17) is 4.74 Å². The Hall–Kier alpha value is -2.22. The third-order valence-corrected chi connectivity index (χ3v) is 5.68. The van der Waals surface area contributed by atoms with E-state index in [0.717, 1.165) is 23.6 Å². The number of nitrogens with one attached hydrogen (secondary N) is 2. The fourth-order valence-corrected chi connectivity index (χ4v) is 4.34. The maximum atomic E-state index is 12.3. The van der Waals surface area contributed by atoms with Gasteiger partial charge >= 0.3 is 12.1 Å². The van der Waals surface area contributed by atoms with Crippen LogP contribution in [0.3, 0.4) is 0 Å². The number of carbonyl (C=O) groups excluding carboxylic acids is 2. The van der Waals surface area contributed by atoms with Crippen molar-refractivity contribution >= 4 is 34.6 Å². The molecular weight excluding hydrogens is 376 g/mol. The Bertz CT molecular complexity index is 733. The molecule has 1 aromatic carbocycles. The van der Waals surface area contributed by atoms with Crippen molar-refractivity contribution in [1.82, 2.24) is 10.2 Å². The van der Waals surface area contributed by atoms with E-state index >= 15 is 0 Å². The van der Waals surface area contributed by atoms with Gasteiger partial charge in [-0.25, -0.2) is 9.59 Å². The Morgan fingerprint density at radius 2 is 2.00 bits per heavy atom. The smallest absolute Gasteiger partial charge is 0.410 e. The maximum Gasteiger partial charge on any atom is 0.410 e. The molecule has 2 N–H and O–H groups in total. The lowest BCUT2D eigenvalue weighted by molar-refractivity contribution is 0.0195. The molecule has 7 nitrogen and oxygen atoms in total. The molecule has 28 heavy (non-hydrogen) atoms. The van der Waals surface area contributed by atoms with E-state index in [0.29, 0.717) is 19.6 Å². The highest BCUT2D eigenvalue weighted by Crippen LogP contribution is 2.30. The largest absolute Gasteiger partial charge is 0.444 e. The Kier molecular flexibility index (Phi) is 6.49. The minimum atomic E-state index is -0.495. The molecule has 3 rings (SSSR count). The van der Waals surface area contributed by atoms with E-state index in [9.17, 15) is 9.59 Å². The standard InChI is InChI=1S/C20H28N4O3S/c1-20(2,3)27-19(26)24-11-7-8-14(13-24)17-21-12-16(28-17)23-18(25)22-15-9-5-4-6-10-15/h4-6,9-10,14,16H,7-8,11-13H2,1-3H3,(H2,22,23,25). The molecule has 2 aliphatic rings. The van der Waals surface area contributed by atoms with Crippen molar-refractivity contribution in [1.29, 1.82) is 0 Å². The first-order valence-electron chi connectivity index (χ1n) is 9.61. The molecule has 2 heterocycles. The molecule has 2 unspecified atom stereocenters. The Morgan fingerprint density at radius 1 is 1.25 bits per heavy atom. The number of hydrogen-bond acceptors (Lipinski definition) is 5. The highest BCUT2D eigenvalue weighted by Gasteiger charge is 2.33. The Balaban J connectivity index is 1.48. The molecule has 152 valence electrons. The lowest BCUT2D eigenvalue weighted by Crippen LogP contribution is -2.44. The number of carbonyl (C=O) groups is 2. The third kappa shape index (κ3) is 5.89. The molecular formula is C20H28N4O3S. The van der Waals surface area contributed by atoms with Gasteiger partial charge < -0.3 is 20.3 Å². The van der Waals surface area contributed by atoms with Gasteiger partial charge in [0, 0.05) is 24.7 Å². The highest BCUT2D eigenvalue weighted by atomic mass is 32.2. The zero-order valence-corrected chi connectivity index (χ0v) is 17.4. The SMILES string of the molecule is CC(C)(C)OC(=O)N1CCCC(C2=NCC(NC(=O)Nc3ccccc3)S2)C1. The molecule has 0 bridgehead atoms. The van der Waals surface area contributed by atoms with Crippen LogP contribution in [0, 0.1) is 5.92 Å². The second kappa shape index (κ2) is 8.86. The van der Waals surface area contributed by atoms with Crippen LogP contribution in [0.25, 0.3) is 0 Å². The van der Waals surface area contributed by atoms with Crippen LogP contribution in [0.2, 0.25) is 0 Å². The topological polar surface area (TPSA) is 83.0 Å². The quantitative estimate of drug-likeness (QED) is 0.800. The maximum absolute atomic E-state index is 12.3. The van der Waals surface area contributed by atoms with Crippen LogP contribution in [-0.4, -0.2) is 52.7 Å². The van der Waals surface area contributed by atoms with Gasteiger partial charge in [0.25, 0.3) is 0 Å². The van der Waals surface area contributed by atoms with Crippen LogP contribution in [0.5, 0.6) is 0 Å². The second-order valence-corrected chi connectivity index (χ2v) is 9.24. The molecule has 0 spiro atoms. The van der Waals surface area contributed by atoms with Crippen molar-refractivity contribution in [2.24, 2.45) is 10.9 Å². The summed E-state index contributed by atoms with van der Waals surface area (Å²) in [5, 5.41) is 6.70. The van der Waals surface area contributed by atoms with E-state index in [1.54, 1.807) is 16.7 Å². The zero-order chi connectivity index (χ0) is 20.1. The van der Waals surface area contributed by atoms with Crippen LogP contribution < -0.4 is 10.6 Å². The summed E-state index contributed by atoms with van der Waals surface area (Å²) in [6, 6.07) is 9.11. The number of urea groups is 1. The van der Waals surface area contributed by atoms with Crippen LogP contribution in [-0.2, 0) is 4.74 Å². The number of amides is 3. The van der Waals surface area contributed by atoms with E-state index in [-0.39, 0.29) is 23.4 Å². The first-order valence-corrected chi connectivity index (χ1v) is 10.5. The van der Waals surface area contributed by atoms with Crippen molar-refractivity contribution in [3.8, 4) is 0 Å². The summed E-state index contributed by atoms with van der Waals surface area (Å²) in [6.07, 6.45) is 1.65. The lowest BCUT2D eigenvalue weighted by atomic mass is 9.99. The van der Waals surface area contributed by atoms with Crippen molar-refractivity contribution in [2.75, 3.05) is 25.0 Å². The van der Waals surface area contributed by atoms with Crippen LogP contribution in [0.15, 0.2) is 35.3 Å². The predicted octanol–water partition coefficient (Wildman–Crippen LogP) is 3.93. The van der Waals surface area contributed by atoms with Gasteiger partial charge in [0.1, 0.15) is 11.0 Å². The van der Waals surface area contributed by atoms with Gasteiger partial charge in [-0.05, 0) is 45.7 Å². The van der Waals surface area contributed by atoms with Crippen molar-refractivity contribution in [3.63, 3.8) is 0 Å². The van der Waals surface area contributed by atoms with Gasteiger partial charge in [-0.1, -0.05) is 30.0 Å². The minimum Gasteiger partial charge on any atom is -0.444 e. The fourth-order valence-electron chi connectivity index (χ4n) is 3.20. The van der Waals surface area contributed by atoms with Gasteiger partial charge in [0.05, 0.1) is 11.6 Å². The number of piperidine rings is 1.